The Kier molecular flexibility index (Phi) is 6.94. The van der Waals surface area contributed by atoms with Crippen LogP contribution in [0.1, 0.15) is 11.1 Å². The van der Waals surface area contributed by atoms with Crippen LogP contribution in [0.4, 0.5) is 10.1 Å². The van der Waals surface area contributed by atoms with E-state index in [-0.39, 0.29) is 11.8 Å². The van der Waals surface area contributed by atoms with Crippen LogP contribution in [0.5, 0.6) is 11.5 Å². The van der Waals surface area contributed by atoms with Gasteiger partial charge in [0.05, 0.1) is 26.5 Å². The van der Waals surface area contributed by atoms with Gasteiger partial charge in [-0.15, -0.1) is 0 Å². The van der Waals surface area contributed by atoms with Gasteiger partial charge in [-0.25, -0.2) is 9.38 Å². The van der Waals surface area contributed by atoms with Crippen LogP contribution >= 0.6 is 11.8 Å². The smallest absolute Gasteiger partial charge is 0.193 e. The molecule has 0 fully saturated rings. The zero-order valence-electron chi connectivity index (χ0n) is 14.5. The Morgan fingerprint density at radius 1 is 1.16 bits per heavy atom. The standard InChI is InChI=1S/C18H22FN3O2S/c1-23-15-6-7-17(24-2)16(9-15)22-18(20)21-10-12-4-5-14(19)8-13(12)11-25-3/h4-9H,10-11H2,1-3H3,(H3,20,21,22). The van der Waals surface area contributed by atoms with E-state index in [4.69, 9.17) is 15.2 Å². The number of nitrogens with two attached hydrogens (primary N) is 1. The van der Waals surface area contributed by atoms with Crippen molar-refractivity contribution in [3.8, 4) is 11.5 Å². The molecule has 3 N–H and O–H groups in total. The second-order valence-corrected chi connectivity index (χ2v) is 6.10. The van der Waals surface area contributed by atoms with Crippen LogP contribution in [-0.2, 0) is 12.3 Å². The highest BCUT2D eigenvalue weighted by Gasteiger charge is 2.07. The van der Waals surface area contributed by atoms with Crippen molar-refractivity contribution in [2.75, 3.05) is 25.8 Å². The van der Waals surface area contributed by atoms with E-state index in [9.17, 15) is 4.39 Å². The number of methoxy groups -OCH3 is 2. The molecule has 2 aromatic rings. The highest BCUT2D eigenvalue weighted by atomic mass is 32.2. The first-order chi connectivity index (χ1) is 12.1. The molecule has 0 amide bonds. The predicted octanol–water partition coefficient (Wildman–Crippen LogP) is 3.63. The summed E-state index contributed by atoms with van der Waals surface area (Å²) >= 11 is 1.63. The molecule has 134 valence electrons. The topological polar surface area (TPSA) is 68.9 Å². The average Bonchev–Trinajstić information content (AvgIpc) is 2.61. The van der Waals surface area contributed by atoms with Crippen molar-refractivity contribution in [1.29, 1.82) is 0 Å². The van der Waals surface area contributed by atoms with Gasteiger partial charge in [0, 0.05) is 11.8 Å². The van der Waals surface area contributed by atoms with Crippen LogP contribution in [0.15, 0.2) is 41.4 Å². The minimum absolute atomic E-state index is 0.242. The van der Waals surface area contributed by atoms with E-state index in [1.807, 2.05) is 6.26 Å². The molecular weight excluding hydrogens is 341 g/mol. The number of benzene rings is 2. The molecule has 25 heavy (non-hydrogen) atoms. The van der Waals surface area contributed by atoms with Crippen LogP contribution < -0.4 is 20.5 Å². The second kappa shape index (κ2) is 9.17. The molecular formula is C18H22FN3O2S. The third-order valence-corrected chi connectivity index (χ3v) is 4.16. The van der Waals surface area contributed by atoms with Crippen molar-refractivity contribution in [3.05, 3.63) is 53.3 Å². The quantitative estimate of drug-likeness (QED) is 0.581. The SMILES string of the molecule is COc1ccc(OC)c(NC(N)=NCc2ccc(F)cc2CSC)c1. The first-order valence-corrected chi connectivity index (χ1v) is 9.02. The van der Waals surface area contributed by atoms with Crippen molar-refractivity contribution < 1.29 is 13.9 Å². The molecule has 0 saturated heterocycles. The summed E-state index contributed by atoms with van der Waals surface area (Å²) < 4.78 is 23.9. The summed E-state index contributed by atoms with van der Waals surface area (Å²) in [6, 6.07) is 10.1. The third-order valence-electron chi connectivity index (χ3n) is 3.56. The molecule has 0 spiro atoms. The summed E-state index contributed by atoms with van der Waals surface area (Å²) in [7, 11) is 3.17. The molecule has 0 aliphatic carbocycles. The number of hydrogen-bond donors (Lipinski definition) is 2. The molecule has 0 atom stereocenters. The van der Waals surface area contributed by atoms with Crippen molar-refractivity contribution in [3.63, 3.8) is 0 Å². The zero-order chi connectivity index (χ0) is 18.2. The van der Waals surface area contributed by atoms with Crippen LogP contribution in [0.25, 0.3) is 0 Å². The minimum Gasteiger partial charge on any atom is -0.497 e. The van der Waals surface area contributed by atoms with Crippen molar-refractivity contribution in [2.24, 2.45) is 10.7 Å². The molecule has 2 rings (SSSR count). The maximum absolute atomic E-state index is 13.4. The molecule has 0 bridgehead atoms. The van der Waals surface area contributed by atoms with Crippen LogP contribution in [-0.4, -0.2) is 26.4 Å². The van der Waals surface area contributed by atoms with Gasteiger partial charge in [0.2, 0.25) is 0 Å². The van der Waals surface area contributed by atoms with E-state index in [2.05, 4.69) is 10.3 Å². The Bertz CT molecular complexity index is 753. The summed E-state index contributed by atoms with van der Waals surface area (Å²) in [5.41, 5.74) is 8.51. The molecule has 0 saturated carbocycles. The summed E-state index contributed by atoms with van der Waals surface area (Å²) in [5.74, 6) is 2.02. The molecule has 2 aromatic carbocycles. The number of aliphatic imine (C=N–C) groups is 1. The lowest BCUT2D eigenvalue weighted by Crippen LogP contribution is -2.23. The number of hydrogen-bond acceptors (Lipinski definition) is 4. The largest absolute Gasteiger partial charge is 0.497 e. The molecule has 0 aliphatic rings. The van der Waals surface area contributed by atoms with Gasteiger partial charge < -0.3 is 20.5 Å². The van der Waals surface area contributed by atoms with E-state index in [0.717, 1.165) is 16.9 Å². The molecule has 5 nitrogen and oxygen atoms in total. The molecule has 0 aromatic heterocycles. The van der Waals surface area contributed by atoms with E-state index < -0.39 is 0 Å². The number of guanidine groups is 1. The van der Waals surface area contributed by atoms with Gasteiger partial charge in [0.25, 0.3) is 0 Å². The number of ether oxygens (including phenoxy) is 2. The molecule has 0 radical (unpaired) electrons. The molecule has 0 aliphatic heterocycles. The summed E-state index contributed by atoms with van der Waals surface area (Å²) in [6.07, 6.45) is 1.98. The number of halogens is 1. The maximum atomic E-state index is 13.4. The normalized spacial score (nSPS) is 11.3. The summed E-state index contributed by atoms with van der Waals surface area (Å²) in [6.45, 7) is 0.362. The number of thioether (sulfide) groups is 1. The van der Waals surface area contributed by atoms with Gasteiger partial charge in [0.1, 0.15) is 17.3 Å². The first kappa shape index (κ1) is 18.9. The minimum atomic E-state index is -0.246. The second-order valence-electron chi connectivity index (χ2n) is 5.24. The van der Waals surface area contributed by atoms with Crippen LogP contribution in [0.3, 0.4) is 0 Å². The zero-order valence-corrected chi connectivity index (χ0v) is 15.3. The predicted molar refractivity (Wildman–Crippen MR) is 102 cm³/mol. The van der Waals surface area contributed by atoms with Crippen molar-refractivity contribution in [1.82, 2.24) is 0 Å². The Morgan fingerprint density at radius 2 is 1.96 bits per heavy atom. The van der Waals surface area contributed by atoms with E-state index >= 15 is 0 Å². The third kappa shape index (κ3) is 5.29. The van der Waals surface area contributed by atoms with Crippen LogP contribution in [0, 0.1) is 5.82 Å². The maximum Gasteiger partial charge on any atom is 0.193 e. The Morgan fingerprint density at radius 3 is 2.64 bits per heavy atom. The Balaban J connectivity index is 2.15. The lowest BCUT2D eigenvalue weighted by molar-refractivity contribution is 0.405. The van der Waals surface area contributed by atoms with E-state index in [0.29, 0.717) is 23.7 Å². The first-order valence-electron chi connectivity index (χ1n) is 7.62. The van der Waals surface area contributed by atoms with Crippen molar-refractivity contribution in [2.45, 2.75) is 12.3 Å². The van der Waals surface area contributed by atoms with Gasteiger partial charge in [-0.1, -0.05) is 6.07 Å². The fourth-order valence-corrected chi connectivity index (χ4v) is 2.88. The van der Waals surface area contributed by atoms with Crippen molar-refractivity contribution >= 4 is 23.4 Å². The number of rotatable bonds is 7. The van der Waals surface area contributed by atoms with Gasteiger partial charge in [0.15, 0.2) is 5.96 Å². The van der Waals surface area contributed by atoms with Gasteiger partial charge >= 0.3 is 0 Å². The highest BCUT2D eigenvalue weighted by Crippen LogP contribution is 2.28. The van der Waals surface area contributed by atoms with Gasteiger partial charge in [-0.05, 0) is 41.6 Å². The highest BCUT2D eigenvalue weighted by molar-refractivity contribution is 7.97. The van der Waals surface area contributed by atoms with E-state index in [1.165, 1.54) is 12.1 Å². The summed E-state index contributed by atoms with van der Waals surface area (Å²) in [5, 5.41) is 3.01. The monoisotopic (exact) mass is 363 g/mol. The fourth-order valence-electron chi connectivity index (χ4n) is 2.30. The molecule has 7 heteroatoms. The molecule has 0 unspecified atom stereocenters. The summed E-state index contributed by atoms with van der Waals surface area (Å²) in [4.78, 5) is 4.35. The average molecular weight is 363 g/mol. The number of anilines is 1. The van der Waals surface area contributed by atoms with E-state index in [1.54, 1.807) is 50.2 Å². The Labute approximate surface area is 151 Å². The number of nitrogens with zero attached hydrogens (tertiary/aromatic N) is 1. The lowest BCUT2D eigenvalue weighted by Gasteiger charge is -2.12. The van der Waals surface area contributed by atoms with Gasteiger partial charge in [-0.2, -0.15) is 11.8 Å². The van der Waals surface area contributed by atoms with Crippen LogP contribution in [0.2, 0.25) is 0 Å². The lowest BCUT2D eigenvalue weighted by atomic mass is 10.1. The number of nitrogens with one attached hydrogen (secondary N) is 1. The van der Waals surface area contributed by atoms with Gasteiger partial charge in [-0.3, -0.25) is 0 Å². The fraction of sp³-hybridized carbons (Fsp3) is 0.278. The molecule has 0 heterocycles. The Hall–Kier alpha value is -2.41.